The van der Waals surface area contributed by atoms with Crippen molar-refractivity contribution in [1.29, 1.82) is 0 Å². The van der Waals surface area contributed by atoms with E-state index in [2.05, 4.69) is 31.8 Å². The quantitative estimate of drug-likeness (QED) is 0.655. The molecule has 74 valence electrons. The maximum Gasteiger partial charge on any atom is 0.322 e. The van der Waals surface area contributed by atoms with Gasteiger partial charge in [-0.3, -0.25) is 0 Å². The third kappa shape index (κ3) is 2.66. The monoisotopic (exact) mass is 200 g/mol. The Morgan fingerprint density at radius 1 is 1.69 bits per heavy atom. The lowest BCUT2D eigenvalue weighted by molar-refractivity contribution is 0.206. The molecule has 0 saturated heterocycles. The van der Waals surface area contributed by atoms with Crippen molar-refractivity contribution >= 4 is 18.7 Å². The maximum atomic E-state index is 11.4. The Bertz CT molecular complexity index is 238. The molecule has 1 aliphatic heterocycles. The van der Waals surface area contributed by atoms with Gasteiger partial charge in [0.1, 0.15) is 0 Å². The molecule has 1 rings (SSSR count). The average molecular weight is 200 g/mol. The van der Waals surface area contributed by atoms with Crippen molar-refractivity contribution in [2.45, 2.75) is 26.1 Å². The second-order valence-electron chi connectivity index (χ2n) is 3.77. The molecule has 2 amide bonds. The predicted octanol–water partition coefficient (Wildman–Crippen LogP) is 1.83. The minimum atomic E-state index is -0.129. The highest BCUT2D eigenvalue weighted by Crippen LogP contribution is 2.14. The molecule has 1 N–H and O–H groups in total. The van der Waals surface area contributed by atoms with Crippen LogP contribution < -0.4 is 5.32 Å². The van der Waals surface area contributed by atoms with E-state index in [0.717, 1.165) is 12.1 Å². The Morgan fingerprint density at radius 2 is 2.31 bits per heavy atom. The largest absolute Gasteiger partial charge is 0.322 e. The topological polar surface area (TPSA) is 32.3 Å². The smallest absolute Gasteiger partial charge is 0.322 e. The number of carbonyl (C=O) groups is 1. The highest BCUT2D eigenvalue weighted by Gasteiger charge is 2.21. The fraction of sp³-hybridized carbons (Fsp3) is 0.667. The van der Waals surface area contributed by atoms with E-state index in [0.29, 0.717) is 5.92 Å². The van der Waals surface area contributed by atoms with E-state index < -0.39 is 0 Å². The molecule has 0 saturated carbocycles. The van der Waals surface area contributed by atoms with Gasteiger partial charge in [0.05, 0.1) is 5.37 Å². The minimum absolute atomic E-state index is 0.0562. The van der Waals surface area contributed by atoms with E-state index in [1.54, 1.807) is 4.90 Å². The molecule has 1 unspecified atom stereocenters. The predicted molar refractivity (Wildman–Crippen MR) is 56.6 cm³/mol. The number of urea groups is 1. The fourth-order valence-corrected chi connectivity index (χ4v) is 1.39. The number of hydrogen-bond donors (Lipinski definition) is 2. The number of nitrogens with zero attached hydrogens (tertiary/aromatic N) is 1. The van der Waals surface area contributed by atoms with Gasteiger partial charge >= 0.3 is 6.03 Å². The van der Waals surface area contributed by atoms with Crippen molar-refractivity contribution in [3.05, 3.63) is 11.8 Å². The minimum Gasteiger partial charge on any atom is -0.322 e. The van der Waals surface area contributed by atoms with Gasteiger partial charge in [-0.2, -0.15) is 12.6 Å². The van der Waals surface area contributed by atoms with E-state index >= 15 is 0 Å². The first-order valence-corrected chi connectivity index (χ1v) is 4.96. The summed E-state index contributed by atoms with van der Waals surface area (Å²) in [5, 5.41) is 2.64. The van der Waals surface area contributed by atoms with Crippen LogP contribution in [0.3, 0.4) is 0 Å². The Morgan fingerprint density at radius 3 is 2.85 bits per heavy atom. The molecule has 0 aliphatic carbocycles. The number of nitrogens with one attached hydrogen (secondary N) is 1. The van der Waals surface area contributed by atoms with Gasteiger partial charge in [0.25, 0.3) is 0 Å². The van der Waals surface area contributed by atoms with Crippen LogP contribution in [0.15, 0.2) is 11.8 Å². The summed E-state index contributed by atoms with van der Waals surface area (Å²) in [4.78, 5) is 13.1. The van der Waals surface area contributed by atoms with Gasteiger partial charge in [0, 0.05) is 12.7 Å². The van der Waals surface area contributed by atoms with Crippen molar-refractivity contribution in [3.8, 4) is 0 Å². The van der Waals surface area contributed by atoms with E-state index in [4.69, 9.17) is 0 Å². The first-order valence-electron chi connectivity index (χ1n) is 4.44. The first kappa shape index (κ1) is 10.4. The molecule has 1 atom stereocenters. The van der Waals surface area contributed by atoms with Crippen LogP contribution in [0.5, 0.6) is 0 Å². The summed E-state index contributed by atoms with van der Waals surface area (Å²) in [6, 6.07) is -0.0562. The lowest BCUT2D eigenvalue weighted by Crippen LogP contribution is -2.46. The van der Waals surface area contributed by atoms with Crippen molar-refractivity contribution in [3.63, 3.8) is 0 Å². The van der Waals surface area contributed by atoms with Gasteiger partial charge in [-0.15, -0.1) is 0 Å². The highest BCUT2D eigenvalue weighted by molar-refractivity contribution is 7.81. The summed E-state index contributed by atoms with van der Waals surface area (Å²) in [6.07, 6.45) is 1.87. The lowest BCUT2D eigenvalue weighted by Gasteiger charge is -2.29. The zero-order valence-corrected chi connectivity index (χ0v) is 9.14. The molecule has 13 heavy (non-hydrogen) atoms. The van der Waals surface area contributed by atoms with Gasteiger partial charge in [-0.25, -0.2) is 4.79 Å². The molecule has 0 radical (unpaired) electrons. The fourth-order valence-electron chi connectivity index (χ4n) is 1.22. The summed E-state index contributed by atoms with van der Waals surface area (Å²) in [6.45, 7) is 6.89. The normalized spacial score (nSPS) is 23.2. The Balaban J connectivity index is 2.69. The SMILES string of the molecule is CC1=CN(CC(C)C)C(=O)NC1S. The van der Waals surface area contributed by atoms with E-state index in [9.17, 15) is 4.79 Å². The number of hydrogen-bond acceptors (Lipinski definition) is 2. The van der Waals surface area contributed by atoms with Crippen LogP contribution in [0.2, 0.25) is 0 Å². The zero-order valence-electron chi connectivity index (χ0n) is 8.24. The Labute approximate surface area is 84.6 Å². The van der Waals surface area contributed by atoms with Gasteiger partial charge in [0.15, 0.2) is 0 Å². The standard InChI is InChI=1S/C9H16N2OS/c1-6(2)4-11-5-7(3)8(13)10-9(11)12/h5-6,8,13H,4H2,1-3H3,(H,10,12). The molecule has 0 bridgehead atoms. The molecule has 1 heterocycles. The third-order valence-electron chi connectivity index (χ3n) is 1.87. The second-order valence-corrected chi connectivity index (χ2v) is 4.29. The van der Waals surface area contributed by atoms with Crippen molar-refractivity contribution < 1.29 is 4.79 Å². The van der Waals surface area contributed by atoms with E-state index in [1.807, 2.05) is 13.1 Å². The molecule has 1 aliphatic rings. The molecule has 4 heteroatoms. The Hall–Kier alpha value is -0.640. The second kappa shape index (κ2) is 4.05. The summed E-state index contributed by atoms with van der Waals surface area (Å²) in [7, 11) is 0. The van der Waals surface area contributed by atoms with Crippen molar-refractivity contribution in [2.75, 3.05) is 6.54 Å². The maximum absolute atomic E-state index is 11.4. The van der Waals surface area contributed by atoms with Crippen LogP contribution in [0.25, 0.3) is 0 Å². The molecule has 0 spiro atoms. The molecule has 3 nitrogen and oxygen atoms in total. The molecule has 0 aromatic rings. The summed E-state index contributed by atoms with van der Waals surface area (Å²) < 4.78 is 0. The number of amides is 2. The van der Waals surface area contributed by atoms with E-state index in [1.165, 1.54) is 0 Å². The summed E-state index contributed by atoms with van der Waals surface area (Å²) >= 11 is 4.22. The van der Waals surface area contributed by atoms with Crippen molar-refractivity contribution in [1.82, 2.24) is 10.2 Å². The number of rotatable bonds is 2. The van der Waals surface area contributed by atoms with E-state index in [-0.39, 0.29) is 11.4 Å². The lowest BCUT2D eigenvalue weighted by atomic mass is 10.2. The number of carbonyl (C=O) groups excluding carboxylic acids is 1. The van der Waals surface area contributed by atoms with Crippen LogP contribution >= 0.6 is 12.6 Å². The van der Waals surface area contributed by atoms with Crippen LogP contribution in [-0.4, -0.2) is 22.8 Å². The zero-order chi connectivity index (χ0) is 10.0. The van der Waals surface area contributed by atoms with Crippen LogP contribution in [-0.2, 0) is 0 Å². The average Bonchev–Trinajstić information content (AvgIpc) is 1.99. The van der Waals surface area contributed by atoms with Crippen LogP contribution in [0.4, 0.5) is 4.79 Å². The molecule has 0 aromatic carbocycles. The molecule has 0 aromatic heterocycles. The van der Waals surface area contributed by atoms with Gasteiger partial charge < -0.3 is 10.2 Å². The van der Waals surface area contributed by atoms with Crippen molar-refractivity contribution in [2.24, 2.45) is 5.92 Å². The summed E-state index contributed by atoms with van der Waals surface area (Å²) in [5.74, 6) is 0.478. The molecular formula is C9H16N2OS. The van der Waals surface area contributed by atoms with Gasteiger partial charge in [-0.1, -0.05) is 13.8 Å². The van der Waals surface area contributed by atoms with Gasteiger partial charge in [-0.05, 0) is 18.4 Å². The molecular weight excluding hydrogens is 184 g/mol. The highest BCUT2D eigenvalue weighted by atomic mass is 32.1. The van der Waals surface area contributed by atoms with Gasteiger partial charge in [0.2, 0.25) is 0 Å². The Kier molecular flexibility index (Phi) is 3.25. The van der Waals surface area contributed by atoms with Crippen LogP contribution in [0.1, 0.15) is 20.8 Å². The van der Waals surface area contributed by atoms with Crippen LogP contribution in [0, 0.1) is 5.92 Å². The first-order chi connectivity index (χ1) is 6.00. The third-order valence-corrected chi connectivity index (χ3v) is 2.41. The summed E-state index contributed by atoms with van der Waals surface area (Å²) in [5.41, 5.74) is 1.07. The molecule has 0 fully saturated rings. The number of thiol groups is 1.